The second-order valence-electron chi connectivity index (χ2n) is 8.05. The van der Waals surface area contributed by atoms with E-state index in [1.54, 1.807) is 12.1 Å². The first-order valence-electron chi connectivity index (χ1n) is 11.0. The third-order valence-corrected chi connectivity index (χ3v) is 5.49. The van der Waals surface area contributed by atoms with Gasteiger partial charge in [-0.15, -0.1) is 24.0 Å². The third-order valence-electron chi connectivity index (χ3n) is 5.49. The van der Waals surface area contributed by atoms with Gasteiger partial charge in [0, 0.05) is 45.5 Å². The fourth-order valence-electron chi connectivity index (χ4n) is 3.46. The standard InChI is InChI=1S/C22H33F3N4O2.HI/c1-3-26-21(28(2)8-11-31-16-17-4-5-17)27-15-18-6-7-19(14-20(18)22(23,24)25)29-9-12-30-13-10-29;/h6-7,14,17H,3-5,8-13,15-16H2,1-2H3,(H,26,27);1H. The molecule has 0 radical (unpaired) electrons. The second-order valence-corrected chi connectivity index (χ2v) is 8.05. The number of hydrogen-bond donors (Lipinski definition) is 1. The summed E-state index contributed by atoms with van der Waals surface area (Å²) < 4.78 is 52.3. The fraction of sp³-hybridized carbons (Fsp3) is 0.682. The smallest absolute Gasteiger partial charge is 0.379 e. The number of nitrogens with one attached hydrogen (secondary N) is 1. The van der Waals surface area contributed by atoms with Gasteiger partial charge in [-0.25, -0.2) is 4.99 Å². The van der Waals surface area contributed by atoms with E-state index in [9.17, 15) is 13.2 Å². The topological polar surface area (TPSA) is 49.3 Å². The lowest BCUT2D eigenvalue weighted by Gasteiger charge is -2.29. The minimum absolute atomic E-state index is 0. The average Bonchev–Trinajstić information content (AvgIpc) is 3.58. The summed E-state index contributed by atoms with van der Waals surface area (Å²) in [6, 6.07) is 4.52. The number of ether oxygens (including phenoxy) is 2. The molecule has 182 valence electrons. The number of aliphatic imine (C=N–C) groups is 1. The van der Waals surface area contributed by atoms with Crippen LogP contribution in [0, 0.1) is 5.92 Å². The molecule has 1 aromatic carbocycles. The molecule has 6 nitrogen and oxygen atoms in total. The van der Waals surface area contributed by atoms with Crippen LogP contribution in [-0.2, 0) is 22.2 Å². The van der Waals surface area contributed by atoms with Gasteiger partial charge in [-0.05, 0) is 43.4 Å². The lowest BCUT2D eigenvalue weighted by molar-refractivity contribution is -0.138. The molecule has 1 aliphatic heterocycles. The summed E-state index contributed by atoms with van der Waals surface area (Å²) in [6.07, 6.45) is -1.95. The summed E-state index contributed by atoms with van der Waals surface area (Å²) >= 11 is 0. The van der Waals surface area contributed by atoms with E-state index in [1.807, 2.05) is 23.8 Å². The molecular weight excluding hydrogens is 536 g/mol. The van der Waals surface area contributed by atoms with Gasteiger partial charge in [-0.3, -0.25) is 0 Å². The molecule has 1 aromatic rings. The zero-order valence-corrected chi connectivity index (χ0v) is 21.1. The molecule has 1 saturated heterocycles. The molecule has 0 atom stereocenters. The summed E-state index contributed by atoms with van der Waals surface area (Å²) in [6.45, 7) is 6.73. The highest BCUT2D eigenvalue weighted by Crippen LogP contribution is 2.35. The van der Waals surface area contributed by atoms with Gasteiger partial charge in [-0.1, -0.05) is 6.07 Å². The number of benzene rings is 1. The number of nitrogens with zero attached hydrogens (tertiary/aromatic N) is 3. The highest BCUT2D eigenvalue weighted by atomic mass is 127. The van der Waals surface area contributed by atoms with Crippen molar-refractivity contribution in [2.45, 2.75) is 32.5 Å². The predicted molar refractivity (Wildman–Crippen MR) is 131 cm³/mol. The fourth-order valence-corrected chi connectivity index (χ4v) is 3.46. The van der Waals surface area contributed by atoms with Crippen LogP contribution < -0.4 is 10.2 Å². The minimum atomic E-state index is -4.44. The number of hydrogen-bond acceptors (Lipinski definition) is 4. The summed E-state index contributed by atoms with van der Waals surface area (Å²) in [7, 11) is 1.87. The Morgan fingerprint density at radius 3 is 2.62 bits per heavy atom. The van der Waals surface area contributed by atoms with E-state index in [2.05, 4.69) is 10.3 Å². The number of likely N-dealkylation sites (N-methyl/N-ethyl adjacent to an activating group) is 1. The van der Waals surface area contributed by atoms with Crippen LogP contribution in [0.25, 0.3) is 0 Å². The zero-order chi connectivity index (χ0) is 22.3. The first kappa shape index (κ1) is 27.0. The number of guanidine groups is 1. The summed E-state index contributed by atoms with van der Waals surface area (Å²) in [5.41, 5.74) is 0.102. The van der Waals surface area contributed by atoms with Crippen molar-refractivity contribution in [2.75, 3.05) is 64.6 Å². The van der Waals surface area contributed by atoms with Crippen molar-refractivity contribution in [2.24, 2.45) is 10.9 Å². The van der Waals surface area contributed by atoms with E-state index < -0.39 is 11.7 Å². The minimum Gasteiger partial charge on any atom is -0.379 e. The average molecular weight is 570 g/mol. The third kappa shape index (κ3) is 8.26. The maximum atomic E-state index is 13.8. The van der Waals surface area contributed by atoms with Gasteiger partial charge >= 0.3 is 6.18 Å². The van der Waals surface area contributed by atoms with E-state index in [-0.39, 0.29) is 36.1 Å². The Labute approximate surface area is 205 Å². The second kappa shape index (κ2) is 12.8. The maximum absolute atomic E-state index is 13.8. The lowest BCUT2D eigenvalue weighted by atomic mass is 10.1. The molecular formula is C22H34F3IN4O2. The van der Waals surface area contributed by atoms with E-state index in [1.165, 1.54) is 18.9 Å². The number of halogens is 4. The summed E-state index contributed by atoms with van der Waals surface area (Å²) in [5, 5.41) is 3.15. The molecule has 0 unspecified atom stereocenters. The van der Waals surface area contributed by atoms with Crippen molar-refractivity contribution < 1.29 is 22.6 Å². The largest absolute Gasteiger partial charge is 0.416 e. The van der Waals surface area contributed by atoms with Crippen molar-refractivity contribution in [1.29, 1.82) is 0 Å². The Hall–Kier alpha value is -1.27. The summed E-state index contributed by atoms with van der Waals surface area (Å²) in [5.74, 6) is 1.27. The maximum Gasteiger partial charge on any atom is 0.416 e. The van der Waals surface area contributed by atoms with Crippen molar-refractivity contribution in [3.8, 4) is 0 Å². The molecule has 32 heavy (non-hydrogen) atoms. The Balaban J connectivity index is 0.00000363. The molecule has 0 amide bonds. The first-order chi connectivity index (χ1) is 14.9. The van der Waals surface area contributed by atoms with Crippen LogP contribution in [0.5, 0.6) is 0 Å². The van der Waals surface area contributed by atoms with Crippen LogP contribution in [0.2, 0.25) is 0 Å². The molecule has 1 aliphatic carbocycles. The summed E-state index contributed by atoms with van der Waals surface area (Å²) in [4.78, 5) is 8.28. The normalized spacial score (nSPS) is 17.2. The van der Waals surface area contributed by atoms with Crippen LogP contribution in [0.1, 0.15) is 30.9 Å². The van der Waals surface area contributed by atoms with Crippen LogP contribution in [0.4, 0.5) is 18.9 Å². The molecule has 10 heteroatoms. The Bertz CT molecular complexity index is 738. The van der Waals surface area contributed by atoms with Gasteiger partial charge in [0.15, 0.2) is 5.96 Å². The highest BCUT2D eigenvalue weighted by Gasteiger charge is 2.34. The predicted octanol–water partition coefficient (Wildman–Crippen LogP) is 3.98. The molecule has 0 bridgehead atoms. The SMILES string of the molecule is CCNC(=NCc1ccc(N2CCOCC2)cc1C(F)(F)F)N(C)CCOCC1CC1.I. The van der Waals surface area contributed by atoms with Crippen molar-refractivity contribution in [1.82, 2.24) is 10.2 Å². The highest BCUT2D eigenvalue weighted by molar-refractivity contribution is 14.0. The number of anilines is 1. The quantitative estimate of drug-likeness (QED) is 0.211. The molecule has 2 fully saturated rings. The van der Waals surface area contributed by atoms with Crippen LogP contribution >= 0.6 is 24.0 Å². The lowest BCUT2D eigenvalue weighted by Crippen LogP contribution is -2.40. The molecule has 1 N–H and O–H groups in total. The van der Waals surface area contributed by atoms with E-state index >= 15 is 0 Å². The van der Waals surface area contributed by atoms with Crippen molar-refractivity contribution >= 4 is 35.6 Å². The first-order valence-corrected chi connectivity index (χ1v) is 11.0. The van der Waals surface area contributed by atoms with E-state index in [0.29, 0.717) is 63.6 Å². The molecule has 1 heterocycles. The van der Waals surface area contributed by atoms with Crippen molar-refractivity contribution in [3.05, 3.63) is 29.3 Å². The van der Waals surface area contributed by atoms with Gasteiger partial charge < -0.3 is 24.6 Å². The van der Waals surface area contributed by atoms with Crippen LogP contribution in [-0.4, -0.2) is 70.5 Å². The monoisotopic (exact) mass is 570 g/mol. The Morgan fingerprint density at radius 2 is 2.00 bits per heavy atom. The van der Waals surface area contributed by atoms with Gasteiger partial charge in [0.05, 0.1) is 31.9 Å². The Kier molecular flexibility index (Phi) is 10.8. The van der Waals surface area contributed by atoms with Crippen LogP contribution in [0.15, 0.2) is 23.2 Å². The molecule has 3 rings (SSSR count). The van der Waals surface area contributed by atoms with Gasteiger partial charge in [0.25, 0.3) is 0 Å². The number of alkyl halides is 3. The molecule has 1 saturated carbocycles. The number of rotatable bonds is 9. The zero-order valence-electron chi connectivity index (χ0n) is 18.8. The van der Waals surface area contributed by atoms with E-state index in [4.69, 9.17) is 9.47 Å². The van der Waals surface area contributed by atoms with Crippen LogP contribution in [0.3, 0.4) is 0 Å². The van der Waals surface area contributed by atoms with E-state index in [0.717, 1.165) is 6.61 Å². The van der Waals surface area contributed by atoms with Gasteiger partial charge in [-0.2, -0.15) is 13.2 Å². The number of morpholine rings is 1. The molecule has 2 aliphatic rings. The van der Waals surface area contributed by atoms with Gasteiger partial charge in [0.2, 0.25) is 0 Å². The van der Waals surface area contributed by atoms with Crippen molar-refractivity contribution in [3.63, 3.8) is 0 Å². The molecule has 0 spiro atoms. The molecule has 0 aromatic heterocycles. The Morgan fingerprint density at radius 1 is 1.28 bits per heavy atom. The van der Waals surface area contributed by atoms with Gasteiger partial charge in [0.1, 0.15) is 0 Å².